The molecule has 0 radical (unpaired) electrons. The number of aromatic nitrogens is 3. The van der Waals surface area contributed by atoms with Crippen LogP contribution < -0.4 is 10.1 Å². The standard InChI is InChI=1S/C20H19Cl2N5O4S/c1-3-26-19(12(2)31-17-9-4-13(21)10-16(17)22)24-25-20(26)32-11-18(28)23-14-5-7-15(8-6-14)27(29)30/h4-10,12H,3,11H2,1-2H3,(H,23,28). The molecule has 3 aromatic rings. The number of nitro benzene ring substituents is 1. The highest BCUT2D eigenvalue weighted by molar-refractivity contribution is 7.99. The number of hydrogen-bond acceptors (Lipinski definition) is 7. The van der Waals surface area contributed by atoms with Crippen molar-refractivity contribution in [1.82, 2.24) is 14.8 Å². The van der Waals surface area contributed by atoms with Gasteiger partial charge in [0.2, 0.25) is 5.91 Å². The fourth-order valence-corrected chi connectivity index (χ4v) is 4.07. The lowest BCUT2D eigenvalue weighted by molar-refractivity contribution is -0.384. The molecular weight excluding hydrogens is 477 g/mol. The lowest BCUT2D eigenvalue weighted by Crippen LogP contribution is -2.15. The maximum atomic E-state index is 12.3. The van der Waals surface area contributed by atoms with E-state index in [-0.39, 0.29) is 17.3 Å². The molecule has 1 unspecified atom stereocenters. The number of carbonyl (C=O) groups is 1. The molecule has 1 amide bonds. The van der Waals surface area contributed by atoms with Crippen LogP contribution in [0.15, 0.2) is 47.6 Å². The molecule has 2 aromatic carbocycles. The Morgan fingerprint density at radius 2 is 1.97 bits per heavy atom. The first-order valence-corrected chi connectivity index (χ1v) is 11.2. The van der Waals surface area contributed by atoms with E-state index in [4.69, 9.17) is 27.9 Å². The van der Waals surface area contributed by atoms with Gasteiger partial charge in [0.15, 0.2) is 17.1 Å². The molecule has 0 bridgehead atoms. The fraction of sp³-hybridized carbons (Fsp3) is 0.250. The summed E-state index contributed by atoms with van der Waals surface area (Å²) in [4.78, 5) is 22.5. The number of nitro groups is 1. The molecule has 1 N–H and O–H groups in total. The Morgan fingerprint density at radius 1 is 1.25 bits per heavy atom. The van der Waals surface area contributed by atoms with Crippen molar-refractivity contribution in [2.45, 2.75) is 31.7 Å². The van der Waals surface area contributed by atoms with E-state index < -0.39 is 11.0 Å². The molecule has 0 aliphatic carbocycles. The largest absolute Gasteiger partial charge is 0.481 e. The van der Waals surface area contributed by atoms with Crippen LogP contribution in [0.4, 0.5) is 11.4 Å². The highest BCUT2D eigenvalue weighted by Crippen LogP contribution is 2.31. The number of nitrogens with one attached hydrogen (secondary N) is 1. The molecule has 32 heavy (non-hydrogen) atoms. The molecule has 168 valence electrons. The number of hydrogen-bond donors (Lipinski definition) is 1. The zero-order chi connectivity index (χ0) is 23.3. The zero-order valence-corrected chi connectivity index (χ0v) is 19.4. The second kappa shape index (κ2) is 10.7. The van der Waals surface area contributed by atoms with Gasteiger partial charge in [0, 0.05) is 29.4 Å². The fourth-order valence-electron chi connectivity index (χ4n) is 2.81. The van der Waals surface area contributed by atoms with Gasteiger partial charge in [-0.15, -0.1) is 10.2 Å². The summed E-state index contributed by atoms with van der Waals surface area (Å²) in [5.41, 5.74) is 0.429. The summed E-state index contributed by atoms with van der Waals surface area (Å²) in [6.45, 7) is 4.35. The van der Waals surface area contributed by atoms with E-state index in [1.165, 1.54) is 36.0 Å². The molecule has 0 aliphatic rings. The molecule has 0 saturated carbocycles. The second-order valence-corrected chi connectivity index (χ2v) is 8.35. The smallest absolute Gasteiger partial charge is 0.269 e. The van der Waals surface area contributed by atoms with E-state index in [1.807, 2.05) is 18.4 Å². The summed E-state index contributed by atoms with van der Waals surface area (Å²) < 4.78 is 7.78. The van der Waals surface area contributed by atoms with Crippen LogP contribution in [0.5, 0.6) is 5.75 Å². The predicted molar refractivity (Wildman–Crippen MR) is 124 cm³/mol. The van der Waals surface area contributed by atoms with Crippen molar-refractivity contribution in [3.8, 4) is 5.75 Å². The van der Waals surface area contributed by atoms with E-state index in [9.17, 15) is 14.9 Å². The minimum absolute atomic E-state index is 0.0443. The molecule has 9 nitrogen and oxygen atoms in total. The van der Waals surface area contributed by atoms with Gasteiger partial charge in [-0.1, -0.05) is 35.0 Å². The van der Waals surface area contributed by atoms with Crippen LogP contribution >= 0.6 is 35.0 Å². The number of anilines is 1. The van der Waals surface area contributed by atoms with Crippen molar-refractivity contribution in [2.75, 3.05) is 11.1 Å². The summed E-state index contributed by atoms with van der Waals surface area (Å²) in [5, 5.41) is 23.3. The maximum absolute atomic E-state index is 12.3. The SMILES string of the molecule is CCn1c(SCC(=O)Nc2ccc([N+](=O)[O-])cc2)nnc1C(C)Oc1ccc(Cl)cc1Cl. The highest BCUT2D eigenvalue weighted by atomic mass is 35.5. The quantitative estimate of drug-likeness (QED) is 0.240. The van der Waals surface area contributed by atoms with Gasteiger partial charge >= 0.3 is 0 Å². The van der Waals surface area contributed by atoms with Gasteiger partial charge in [0.05, 0.1) is 15.7 Å². The van der Waals surface area contributed by atoms with Crippen LogP contribution in [-0.2, 0) is 11.3 Å². The van der Waals surface area contributed by atoms with Crippen molar-refractivity contribution in [3.63, 3.8) is 0 Å². The third-order valence-electron chi connectivity index (χ3n) is 4.32. The third-order valence-corrected chi connectivity index (χ3v) is 5.81. The topological polar surface area (TPSA) is 112 Å². The molecule has 12 heteroatoms. The lowest BCUT2D eigenvalue weighted by atomic mass is 10.3. The van der Waals surface area contributed by atoms with Crippen molar-refractivity contribution in [1.29, 1.82) is 0 Å². The number of halogens is 2. The van der Waals surface area contributed by atoms with Crippen LogP contribution in [0, 0.1) is 10.1 Å². The van der Waals surface area contributed by atoms with Crippen LogP contribution in [0.1, 0.15) is 25.8 Å². The van der Waals surface area contributed by atoms with Gasteiger partial charge < -0.3 is 14.6 Å². The predicted octanol–water partition coefficient (Wildman–Crippen LogP) is 5.38. The molecule has 0 spiro atoms. The minimum Gasteiger partial charge on any atom is -0.481 e. The summed E-state index contributed by atoms with van der Waals surface area (Å²) in [6, 6.07) is 10.6. The number of rotatable bonds is 9. The van der Waals surface area contributed by atoms with E-state index in [0.29, 0.717) is 39.0 Å². The first-order chi connectivity index (χ1) is 15.3. The number of non-ortho nitro benzene ring substituents is 1. The highest BCUT2D eigenvalue weighted by Gasteiger charge is 2.20. The second-order valence-electron chi connectivity index (χ2n) is 6.56. The van der Waals surface area contributed by atoms with E-state index in [2.05, 4.69) is 15.5 Å². The van der Waals surface area contributed by atoms with Crippen molar-refractivity contribution in [2.24, 2.45) is 0 Å². The lowest BCUT2D eigenvalue weighted by Gasteiger charge is -2.16. The molecule has 0 fully saturated rings. The van der Waals surface area contributed by atoms with Gasteiger partial charge in [0.1, 0.15) is 5.75 Å². The number of carbonyl (C=O) groups excluding carboxylic acids is 1. The van der Waals surface area contributed by atoms with Crippen molar-refractivity contribution in [3.05, 3.63) is 68.4 Å². The Labute approximate surface area is 198 Å². The number of amides is 1. The molecule has 0 aliphatic heterocycles. The maximum Gasteiger partial charge on any atom is 0.269 e. The first kappa shape index (κ1) is 23.8. The minimum atomic E-state index is -0.498. The molecule has 1 aromatic heterocycles. The van der Waals surface area contributed by atoms with Crippen LogP contribution in [0.2, 0.25) is 10.0 Å². The van der Waals surface area contributed by atoms with Crippen molar-refractivity contribution >= 4 is 52.2 Å². The molecule has 1 heterocycles. The van der Waals surface area contributed by atoms with E-state index in [1.54, 1.807) is 18.2 Å². The average molecular weight is 496 g/mol. The summed E-state index contributed by atoms with van der Waals surface area (Å²) in [6.07, 6.45) is -0.440. The Balaban J connectivity index is 1.62. The number of benzene rings is 2. The third kappa shape index (κ3) is 5.90. The number of nitrogens with zero attached hydrogens (tertiary/aromatic N) is 4. The Bertz CT molecular complexity index is 1120. The Kier molecular flexibility index (Phi) is 7.94. The van der Waals surface area contributed by atoms with Crippen LogP contribution in [0.3, 0.4) is 0 Å². The molecule has 1 atom stereocenters. The van der Waals surface area contributed by atoms with Gasteiger partial charge in [0.25, 0.3) is 5.69 Å². The molecule has 3 rings (SSSR count). The number of ether oxygens (including phenoxy) is 1. The zero-order valence-electron chi connectivity index (χ0n) is 17.1. The van der Waals surface area contributed by atoms with Crippen molar-refractivity contribution < 1.29 is 14.5 Å². The number of thioether (sulfide) groups is 1. The van der Waals surface area contributed by atoms with Gasteiger partial charge in [-0.3, -0.25) is 14.9 Å². The molecule has 0 saturated heterocycles. The van der Waals surface area contributed by atoms with Gasteiger partial charge in [-0.25, -0.2) is 0 Å². The van der Waals surface area contributed by atoms with Gasteiger partial charge in [-0.2, -0.15) is 0 Å². The first-order valence-electron chi connectivity index (χ1n) is 9.50. The van der Waals surface area contributed by atoms with Gasteiger partial charge in [-0.05, 0) is 44.2 Å². The monoisotopic (exact) mass is 495 g/mol. The van der Waals surface area contributed by atoms with Crippen LogP contribution in [-0.4, -0.2) is 31.3 Å². The molecular formula is C20H19Cl2N5O4S. The summed E-state index contributed by atoms with van der Waals surface area (Å²) in [7, 11) is 0. The van der Waals surface area contributed by atoms with Crippen LogP contribution in [0.25, 0.3) is 0 Å². The Morgan fingerprint density at radius 3 is 2.59 bits per heavy atom. The Hall–Kier alpha value is -2.82. The van der Waals surface area contributed by atoms with E-state index in [0.717, 1.165) is 0 Å². The summed E-state index contributed by atoms with van der Waals surface area (Å²) >= 11 is 13.3. The van der Waals surface area contributed by atoms with E-state index >= 15 is 0 Å². The summed E-state index contributed by atoms with van der Waals surface area (Å²) in [5.74, 6) is 0.892. The normalized spacial score (nSPS) is 11.8. The average Bonchev–Trinajstić information content (AvgIpc) is 3.17.